The Bertz CT molecular complexity index is 808. The lowest BCUT2D eigenvalue weighted by molar-refractivity contribution is -0.117. The quantitative estimate of drug-likeness (QED) is 0.449. The van der Waals surface area contributed by atoms with E-state index in [-0.39, 0.29) is 22.0 Å². The van der Waals surface area contributed by atoms with E-state index in [1.807, 2.05) is 23.7 Å². The summed E-state index contributed by atoms with van der Waals surface area (Å²) in [7, 11) is 0. The van der Waals surface area contributed by atoms with Crippen LogP contribution in [0.15, 0.2) is 52.1 Å². The van der Waals surface area contributed by atoms with Crippen LogP contribution in [0, 0.1) is 11.7 Å². The molecule has 2 heterocycles. The lowest BCUT2D eigenvalue weighted by Gasteiger charge is -2.32. The van der Waals surface area contributed by atoms with E-state index in [1.165, 1.54) is 18.2 Å². The largest absolute Gasteiger partial charge is 0.357 e. The molecule has 26 heavy (non-hydrogen) atoms. The van der Waals surface area contributed by atoms with Gasteiger partial charge in [-0.1, -0.05) is 6.07 Å². The Morgan fingerprint density at radius 1 is 1.31 bits per heavy atom. The normalized spacial score (nSPS) is 15.8. The molecule has 1 aromatic heterocycles. The number of rotatable bonds is 4. The predicted octanol–water partition coefficient (Wildman–Crippen LogP) is 3.48. The molecule has 0 aliphatic carbocycles. The van der Waals surface area contributed by atoms with Crippen molar-refractivity contribution < 1.29 is 14.4 Å². The molecule has 0 saturated carbocycles. The summed E-state index contributed by atoms with van der Waals surface area (Å²) in [5, 5.41) is 9.33. The van der Waals surface area contributed by atoms with E-state index < -0.39 is 5.82 Å². The summed E-state index contributed by atoms with van der Waals surface area (Å²) in [5.74, 6) is -0.162. The molecule has 0 atom stereocenters. The van der Waals surface area contributed by atoms with Crippen molar-refractivity contribution in [2.24, 2.45) is 10.9 Å². The van der Waals surface area contributed by atoms with E-state index >= 15 is 0 Å². The number of hydrogen-bond donors (Lipinski definition) is 2. The molecule has 1 fully saturated rings. The summed E-state index contributed by atoms with van der Waals surface area (Å²) in [4.78, 5) is 23.2. The highest BCUT2D eigenvalue weighted by Gasteiger charge is 2.28. The van der Waals surface area contributed by atoms with Crippen LogP contribution in [0.3, 0.4) is 0 Å². The molecule has 8 heteroatoms. The van der Waals surface area contributed by atoms with Crippen LogP contribution in [-0.4, -0.2) is 34.9 Å². The minimum Gasteiger partial charge on any atom is -0.357 e. The summed E-state index contributed by atoms with van der Waals surface area (Å²) in [5.41, 5.74) is 2.26. The van der Waals surface area contributed by atoms with Crippen LogP contribution >= 0.6 is 15.9 Å². The van der Waals surface area contributed by atoms with Crippen molar-refractivity contribution in [3.8, 4) is 0 Å². The number of nitrogens with zero attached hydrogens (tertiary/aromatic N) is 3. The maximum Gasteiger partial charge on any atom is 0.203 e. The molecule has 0 spiro atoms. The number of benzene rings is 1. The zero-order valence-electron chi connectivity index (χ0n) is 13.9. The van der Waals surface area contributed by atoms with Crippen molar-refractivity contribution >= 4 is 39.1 Å². The van der Waals surface area contributed by atoms with E-state index in [9.17, 15) is 14.4 Å². The maximum absolute atomic E-state index is 13.3. The Kier molecular flexibility index (Phi) is 5.95. The van der Waals surface area contributed by atoms with Crippen LogP contribution in [0.2, 0.25) is 0 Å². The Labute approximate surface area is 158 Å². The van der Waals surface area contributed by atoms with E-state index in [2.05, 4.69) is 30.8 Å². The summed E-state index contributed by atoms with van der Waals surface area (Å²) in [6.45, 7) is 1.41. The van der Waals surface area contributed by atoms with Crippen molar-refractivity contribution in [2.45, 2.75) is 12.8 Å². The van der Waals surface area contributed by atoms with Gasteiger partial charge in [-0.2, -0.15) is 0 Å². The number of halogens is 2. The zero-order chi connectivity index (χ0) is 18.5. The molecule has 1 aliphatic rings. The highest BCUT2D eigenvalue weighted by Crippen LogP contribution is 2.25. The fraction of sp³-hybridized carbons (Fsp3) is 0.278. The number of carbonyl (C=O) groups is 1. The third kappa shape index (κ3) is 4.25. The molecule has 3 rings (SSSR count). The summed E-state index contributed by atoms with van der Waals surface area (Å²) < 4.78 is 13.5. The monoisotopic (exact) mass is 420 g/mol. The van der Waals surface area contributed by atoms with Crippen molar-refractivity contribution in [1.82, 2.24) is 10.5 Å². The third-order valence-corrected chi connectivity index (χ3v) is 4.93. The van der Waals surface area contributed by atoms with Gasteiger partial charge in [-0.15, -0.1) is 0 Å². The molecule has 6 nitrogen and oxygen atoms in total. The second-order valence-corrected chi connectivity index (χ2v) is 6.84. The lowest BCUT2D eigenvalue weighted by atomic mass is 9.92. The molecule has 2 N–H and O–H groups in total. The average molecular weight is 421 g/mol. The smallest absolute Gasteiger partial charge is 0.203 e. The van der Waals surface area contributed by atoms with Gasteiger partial charge in [0.1, 0.15) is 11.6 Å². The van der Waals surface area contributed by atoms with Gasteiger partial charge in [-0.3, -0.25) is 10.0 Å². The van der Waals surface area contributed by atoms with Crippen LogP contribution in [0.4, 0.5) is 15.9 Å². The second kappa shape index (κ2) is 8.37. The van der Waals surface area contributed by atoms with Crippen molar-refractivity contribution in [3.63, 3.8) is 0 Å². The van der Waals surface area contributed by atoms with Gasteiger partial charge < -0.3 is 4.90 Å². The molecule has 0 bridgehead atoms. The molecular formula is C18H18BrFN4O2. The average Bonchev–Trinajstić information content (AvgIpc) is 2.69. The number of hydrogen-bond acceptors (Lipinski definition) is 5. The summed E-state index contributed by atoms with van der Waals surface area (Å²) in [6, 6.07) is 9.87. The first kappa shape index (κ1) is 18.5. The van der Waals surface area contributed by atoms with Crippen molar-refractivity contribution in [3.05, 3.63) is 52.9 Å². The number of aliphatic imine (C=N–C) groups is 1. The van der Waals surface area contributed by atoms with Crippen molar-refractivity contribution in [2.75, 3.05) is 18.0 Å². The van der Waals surface area contributed by atoms with E-state index in [4.69, 9.17) is 0 Å². The van der Waals surface area contributed by atoms with Gasteiger partial charge in [-0.25, -0.2) is 19.8 Å². The fourth-order valence-corrected chi connectivity index (χ4v) is 3.29. The molecule has 136 valence electrons. The summed E-state index contributed by atoms with van der Waals surface area (Å²) in [6.07, 6.45) is 3.03. The number of anilines is 1. The topological polar surface area (TPSA) is 77.8 Å². The third-order valence-electron chi connectivity index (χ3n) is 4.32. The molecule has 0 amide bonds. The van der Waals surface area contributed by atoms with E-state index in [0.29, 0.717) is 31.6 Å². The SMILES string of the molecule is O=C(C(=Nc1ccc(F)c(Br)c1)NO)C1CCN(c2ccccn2)CC1. The van der Waals surface area contributed by atoms with Gasteiger partial charge in [0.2, 0.25) is 5.78 Å². The molecule has 1 saturated heterocycles. The maximum atomic E-state index is 13.3. The van der Waals surface area contributed by atoms with Gasteiger partial charge in [0, 0.05) is 25.2 Å². The highest BCUT2D eigenvalue weighted by molar-refractivity contribution is 9.10. The first-order valence-corrected chi connectivity index (χ1v) is 9.02. The lowest BCUT2D eigenvalue weighted by Crippen LogP contribution is -2.41. The molecule has 2 aromatic rings. The number of pyridine rings is 1. The molecule has 1 aromatic carbocycles. The number of piperidine rings is 1. The predicted molar refractivity (Wildman–Crippen MR) is 100 cm³/mol. The van der Waals surface area contributed by atoms with Crippen LogP contribution in [0.5, 0.6) is 0 Å². The zero-order valence-corrected chi connectivity index (χ0v) is 15.5. The molecule has 0 radical (unpaired) electrons. The first-order chi connectivity index (χ1) is 12.6. The van der Waals surface area contributed by atoms with Gasteiger partial charge >= 0.3 is 0 Å². The Morgan fingerprint density at radius 3 is 2.69 bits per heavy atom. The number of nitrogens with one attached hydrogen (secondary N) is 1. The van der Waals surface area contributed by atoms with Gasteiger partial charge in [-0.05, 0) is 59.1 Å². The summed E-state index contributed by atoms with van der Waals surface area (Å²) >= 11 is 3.08. The number of hydroxylamine groups is 1. The standard InChI is InChI=1S/C18H18BrFN4O2/c19-14-11-13(4-5-15(14)20)22-18(23-26)17(25)12-6-9-24(10-7-12)16-3-1-2-8-21-16/h1-5,8,11-12,26H,6-7,9-10H2,(H,22,23). The minimum atomic E-state index is -0.421. The Morgan fingerprint density at radius 2 is 2.08 bits per heavy atom. The van der Waals surface area contributed by atoms with Crippen LogP contribution in [-0.2, 0) is 4.79 Å². The Balaban J connectivity index is 1.68. The van der Waals surface area contributed by atoms with E-state index in [1.54, 1.807) is 6.20 Å². The fourth-order valence-electron chi connectivity index (χ4n) is 2.92. The van der Waals surface area contributed by atoms with Crippen LogP contribution in [0.25, 0.3) is 0 Å². The van der Waals surface area contributed by atoms with E-state index in [0.717, 1.165) is 5.82 Å². The number of ketones is 1. The minimum absolute atomic E-state index is 0.139. The van der Waals surface area contributed by atoms with Gasteiger partial charge in [0.25, 0.3) is 0 Å². The highest BCUT2D eigenvalue weighted by atomic mass is 79.9. The number of amidine groups is 1. The number of aromatic nitrogens is 1. The number of carbonyl (C=O) groups excluding carboxylic acids is 1. The van der Waals surface area contributed by atoms with Gasteiger partial charge in [0.05, 0.1) is 10.2 Å². The van der Waals surface area contributed by atoms with Crippen LogP contribution in [0.1, 0.15) is 12.8 Å². The van der Waals surface area contributed by atoms with Crippen LogP contribution < -0.4 is 10.4 Å². The molecule has 1 aliphatic heterocycles. The Hall–Kier alpha value is -2.32. The van der Waals surface area contributed by atoms with Gasteiger partial charge in [0.15, 0.2) is 5.84 Å². The molecular weight excluding hydrogens is 403 g/mol. The van der Waals surface area contributed by atoms with Crippen molar-refractivity contribution in [1.29, 1.82) is 0 Å². The first-order valence-electron chi connectivity index (χ1n) is 8.22. The molecule has 0 unspecified atom stereocenters. The second-order valence-electron chi connectivity index (χ2n) is 5.98. The number of Topliss-reactive ketones (excluding diaryl/α,β-unsaturated/α-hetero) is 1.